The van der Waals surface area contributed by atoms with Gasteiger partial charge in [-0.2, -0.15) is 13.2 Å². The summed E-state index contributed by atoms with van der Waals surface area (Å²) in [5.41, 5.74) is -2.02. The number of benzene rings is 2. The number of rotatable bonds is 7. The van der Waals surface area contributed by atoms with Crippen LogP contribution in [-0.4, -0.2) is 33.6 Å². The Balaban J connectivity index is 2.53. The van der Waals surface area contributed by atoms with Gasteiger partial charge < -0.3 is 9.47 Å². The first-order chi connectivity index (χ1) is 14.0. The number of carbonyl (C=O) groups is 2. The Morgan fingerprint density at radius 3 is 1.90 bits per heavy atom. The van der Waals surface area contributed by atoms with Crippen LogP contribution in [0, 0.1) is 0 Å². The molecule has 11 heteroatoms. The van der Waals surface area contributed by atoms with Crippen molar-refractivity contribution in [3.63, 3.8) is 0 Å². The van der Waals surface area contributed by atoms with E-state index in [4.69, 9.17) is 9.47 Å². The Morgan fingerprint density at radius 2 is 1.43 bits per heavy atom. The van der Waals surface area contributed by atoms with Crippen LogP contribution in [0.25, 0.3) is 0 Å². The number of nitrogens with one attached hydrogen (secondary N) is 1. The fourth-order valence-electron chi connectivity index (χ4n) is 2.50. The number of anilines is 1. The quantitative estimate of drug-likeness (QED) is 0.650. The maximum atomic E-state index is 13.2. The highest BCUT2D eigenvalue weighted by Gasteiger charge is 2.37. The fourth-order valence-corrected chi connectivity index (χ4v) is 3.77. The molecule has 0 fully saturated rings. The zero-order valence-electron chi connectivity index (χ0n) is 15.9. The van der Waals surface area contributed by atoms with Crippen molar-refractivity contribution in [3.8, 4) is 0 Å². The van der Waals surface area contributed by atoms with Crippen LogP contribution in [0.1, 0.15) is 40.1 Å². The maximum absolute atomic E-state index is 13.2. The normalized spacial score (nSPS) is 11.6. The van der Waals surface area contributed by atoms with Crippen molar-refractivity contribution in [1.29, 1.82) is 0 Å². The summed E-state index contributed by atoms with van der Waals surface area (Å²) in [4.78, 5) is 23.1. The van der Waals surface area contributed by atoms with Gasteiger partial charge in [-0.1, -0.05) is 12.1 Å². The summed E-state index contributed by atoms with van der Waals surface area (Å²) >= 11 is 0. The van der Waals surface area contributed by atoms with E-state index in [2.05, 4.69) is 0 Å². The van der Waals surface area contributed by atoms with Crippen molar-refractivity contribution in [3.05, 3.63) is 59.2 Å². The van der Waals surface area contributed by atoms with Crippen molar-refractivity contribution < 1.29 is 40.7 Å². The van der Waals surface area contributed by atoms with E-state index in [1.54, 1.807) is 13.8 Å². The van der Waals surface area contributed by atoms with E-state index in [0.717, 1.165) is 36.4 Å². The minimum atomic E-state index is -4.91. The van der Waals surface area contributed by atoms with Crippen molar-refractivity contribution in [2.75, 3.05) is 17.9 Å². The minimum absolute atomic E-state index is 0.0164. The molecule has 0 saturated carbocycles. The van der Waals surface area contributed by atoms with Gasteiger partial charge in [0.05, 0.1) is 40.5 Å². The molecule has 0 heterocycles. The second-order valence-electron chi connectivity index (χ2n) is 5.84. The number of ether oxygens (including phenoxy) is 2. The highest BCUT2D eigenvalue weighted by atomic mass is 32.2. The third-order valence-corrected chi connectivity index (χ3v) is 5.13. The van der Waals surface area contributed by atoms with Gasteiger partial charge in [0.25, 0.3) is 10.0 Å². The molecule has 0 spiro atoms. The van der Waals surface area contributed by atoms with Gasteiger partial charge in [-0.05, 0) is 44.2 Å². The molecule has 7 nitrogen and oxygen atoms in total. The first-order valence-corrected chi connectivity index (χ1v) is 10.2. The summed E-state index contributed by atoms with van der Waals surface area (Å²) in [7, 11) is -4.71. The SMILES string of the molecule is CCOC(=O)c1cc(NS(=O)(=O)c2ccccc2C(F)(F)F)cc(C(=O)OCC)c1. The molecule has 0 saturated heterocycles. The van der Waals surface area contributed by atoms with Gasteiger partial charge in [0.1, 0.15) is 0 Å². The van der Waals surface area contributed by atoms with Gasteiger partial charge in [0.15, 0.2) is 0 Å². The van der Waals surface area contributed by atoms with Crippen molar-refractivity contribution >= 4 is 27.6 Å². The molecule has 0 aromatic heterocycles. The zero-order valence-corrected chi connectivity index (χ0v) is 16.8. The fraction of sp³-hybridized carbons (Fsp3) is 0.263. The van der Waals surface area contributed by atoms with Gasteiger partial charge in [0, 0.05) is 0 Å². The van der Waals surface area contributed by atoms with Gasteiger partial charge in [-0.25, -0.2) is 18.0 Å². The molecule has 1 N–H and O–H groups in total. The Kier molecular flexibility index (Phi) is 7.08. The van der Waals surface area contributed by atoms with Crippen LogP contribution in [0.4, 0.5) is 18.9 Å². The van der Waals surface area contributed by atoms with Gasteiger partial charge in [-0.3, -0.25) is 4.72 Å². The highest BCUT2D eigenvalue weighted by Crippen LogP contribution is 2.34. The number of alkyl halides is 3. The molecule has 0 radical (unpaired) electrons. The van der Waals surface area contributed by atoms with Crippen LogP contribution in [0.3, 0.4) is 0 Å². The van der Waals surface area contributed by atoms with E-state index < -0.39 is 38.6 Å². The van der Waals surface area contributed by atoms with E-state index in [-0.39, 0.29) is 30.0 Å². The van der Waals surface area contributed by atoms with Crippen molar-refractivity contribution in [1.82, 2.24) is 0 Å². The predicted octanol–water partition coefficient (Wildman–Crippen LogP) is 3.86. The molecule has 162 valence electrons. The summed E-state index contributed by atoms with van der Waals surface area (Å²) < 4.78 is 76.6. The average Bonchev–Trinajstić information content (AvgIpc) is 2.67. The number of sulfonamides is 1. The monoisotopic (exact) mass is 445 g/mol. The van der Waals surface area contributed by atoms with Crippen LogP contribution in [-0.2, 0) is 25.7 Å². The molecule has 0 unspecified atom stereocenters. The molecule has 0 amide bonds. The topological polar surface area (TPSA) is 98.8 Å². The summed E-state index contributed by atoms with van der Waals surface area (Å²) in [5, 5.41) is 0. The van der Waals surface area contributed by atoms with Crippen LogP contribution in [0.5, 0.6) is 0 Å². The lowest BCUT2D eigenvalue weighted by Crippen LogP contribution is -2.19. The number of halogens is 3. The second-order valence-corrected chi connectivity index (χ2v) is 7.49. The first kappa shape index (κ1) is 23.2. The molecule has 0 aliphatic heterocycles. The molecule has 2 aromatic rings. The van der Waals surface area contributed by atoms with Crippen LogP contribution < -0.4 is 4.72 Å². The molecule has 2 rings (SSSR count). The van der Waals surface area contributed by atoms with Crippen molar-refractivity contribution in [2.24, 2.45) is 0 Å². The summed E-state index contributed by atoms with van der Waals surface area (Å²) in [6.45, 7) is 3.13. The average molecular weight is 445 g/mol. The molecule has 0 bridgehead atoms. The number of hydrogen-bond acceptors (Lipinski definition) is 6. The van der Waals surface area contributed by atoms with E-state index in [1.807, 2.05) is 4.72 Å². The van der Waals surface area contributed by atoms with Crippen LogP contribution in [0.2, 0.25) is 0 Å². The lowest BCUT2D eigenvalue weighted by atomic mass is 10.1. The van der Waals surface area contributed by atoms with Crippen LogP contribution >= 0.6 is 0 Å². The largest absolute Gasteiger partial charge is 0.462 e. The second kappa shape index (κ2) is 9.16. The van der Waals surface area contributed by atoms with Gasteiger partial charge in [-0.15, -0.1) is 0 Å². The third kappa shape index (κ3) is 5.50. The standard InChI is InChI=1S/C19H18F3NO6S/c1-3-28-17(24)12-9-13(18(25)29-4-2)11-14(10-12)23-30(26,27)16-8-6-5-7-15(16)19(20,21)22/h5-11,23H,3-4H2,1-2H3. The lowest BCUT2D eigenvalue weighted by Gasteiger charge is -2.15. The van der Waals surface area contributed by atoms with Gasteiger partial charge in [0.2, 0.25) is 0 Å². The molecular weight excluding hydrogens is 427 g/mol. The first-order valence-electron chi connectivity index (χ1n) is 8.68. The highest BCUT2D eigenvalue weighted by molar-refractivity contribution is 7.92. The Hall–Kier alpha value is -3.08. The number of hydrogen-bond donors (Lipinski definition) is 1. The smallest absolute Gasteiger partial charge is 0.417 e. The number of carbonyl (C=O) groups excluding carboxylic acids is 2. The van der Waals surface area contributed by atoms with E-state index in [1.165, 1.54) is 0 Å². The molecule has 0 aliphatic rings. The summed E-state index contributed by atoms with van der Waals surface area (Å²) in [5.74, 6) is -1.69. The number of esters is 2. The van der Waals surface area contributed by atoms with E-state index in [9.17, 15) is 31.2 Å². The Morgan fingerprint density at radius 1 is 0.933 bits per heavy atom. The maximum Gasteiger partial charge on any atom is 0.417 e. The van der Waals surface area contributed by atoms with E-state index in [0.29, 0.717) is 6.07 Å². The Labute approximate surface area is 170 Å². The lowest BCUT2D eigenvalue weighted by molar-refractivity contribution is -0.139. The molecule has 0 atom stereocenters. The zero-order chi connectivity index (χ0) is 22.5. The van der Waals surface area contributed by atoms with Gasteiger partial charge >= 0.3 is 18.1 Å². The molecule has 0 aliphatic carbocycles. The molecule has 2 aromatic carbocycles. The summed E-state index contributed by atoms with van der Waals surface area (Å²) in [6, 6.07) is 6.87. The summed E-state index contributed by atoms with van der Waals surface area (Å²) in [6.07, 6.45) is -4.91. The predicted molar refractivity (Wildman–Crippen MR) is 101 cm³/mol. The molecule has 30 heavy (non-hydrogen) atoms. The van der Waals surface area contributed by atoms with E-state index >= 15 is 0 Å². The third-order valence-electron chi connectivity index (χ3n) is 3.69. The van der Waals surface area contributed by atoms with Crippen LogP contribution in [0.15, 0.2) is 47.4 Å². The van der Waals surface area contributed by atoms with Crippen molar-refractivity contribution in [2.45, 2.75) is 24.9 Å². The molecular formula is C19H18F3NO6S. The Bertz CT molecular complexity index is 1010. The minimum Gasteiger partial charge on any atom is -0.462 e.